The van der Waals surface area contributed by atoms with Gasteiger partial charge in [0.15, 0.2) is 0 Å². The number of aliphatic carboxylic acids is 1. The number of hydrogen-bond donors (Lipinski definition) is 2. The van der Waals surface area contributed by atoms with E-state index in [1.54, 1.807) is 0 Å². The molecule has 0 bridgehead atoms. The normalized spacial score (nSPS) is 13.2. The van der Waals surface area contributed by atoms with Crippen LogP contribution in [0, 0.1) is 11.6 Å². The second kappa shape index (κ2) is 9.58. The number of ether oxygens (including phenoxy) is 1. The highest BCUT2D eigenvalue weighted by Crippen LogP contribution is 2.44. The SMILES string of the molecule is O=C(NC(CCc1cc(F)c(Cl)c(F)c1)C(=O)O)OCC1c2ccccc2-c2ccccc21. The van der Waals surface area contributed by atoms with Gasteiger partial charge in [0.2, 0.25) is 0 Å². The third-order valence-corrected chi connectivity index (χ3v) is 6.06. The van der Waals surface area contributed by atoms with E-state index in [2.05, 4.69) is 5.32 Å². The van der Waals surface area contributed by atoms with Crippen LogP contribution in [0.2, 0.25) is 5.02 Å². The van der Waals surface area contributed by atoms with Gasteiger partial charge in [0.05, 0.1) is 0 Å². The Morgan fingerprint density at radius 1 is 1.00 bits per heavy atom. The van der Waals surface area contributed by atoms with Crippen LogP contribution < -0.4 is 5.32 Å². The molecule has 5 nitrogen and oxygen atoms in total. The van der Waals surface area contributed by atoms with Crippen LogP contribution >= 0.6 is 11.6 Å². The molecular weight excluding hydrogens is 452 g/mol. The molecule has 1 amide bonds. The molecule has 4 rings (SSSR count). The Labute approximate surface area is 194 Å². The Kier molecular flexibility index (Phi) is 6.60. The molecule has 33 heavy (non-hydrogen) atoms. The van der Waals surface area contributed by atoms with Crippen molar-refractivity contribution >= 4 is 23.7 Å². The van der Waals surface area contributed by atoms with E-state index in [1.807, 2.05) is 48.5 Å². The molecule has 1 unspecified atom stereocenters. The number of fused-ring (bicyclic) bond motifs is 3. The summed E-state index contributed by atoms with van der Waals surface area (Å²) in [5.41, 5.74) is 4.46. The lowest BCUT2D eigenvalue weighted by Crippen LogP contribution is -2.41. The van der Waals surface area contributed by atoms with Crippen molar-refractivity contribution in [1.82, 2.24) is 5.32 Å². The maximum absolute atomic E-state index is 13.6. The van der Waals surface area contributed by atoms with Crippen LogP contribution in [0.25, 0.3) is 11.1 Å². The van der Waals surface area contributed by atoms with E-state index in [-0.39, 0.29) is 30.9 Å². The first-order valence-corrected chi connectivity index (χ1v) is 10.7. The summed E-state index contributed by atoms with van der Waals surface area (Å²) in [7, 11) is 0. The summed E-state index contributed by atoms with van der Waals surface area (Å²) < 4.78 is 32.6. The Hall–Kier alpha value is -3.45. The summed E-state index contributed by atoms with van der Waals surface area (Å²) in [5, 5.41) is 11.2. The summed E-state index contributed by atoms with van der Waals surface area (Å²) in [5.74, 6) is -3.30. The van der Waals surface area contributed by atoms with Gasteiger partial charge in [-0.05, 0) is 52.8 Å². The average Bonchev–Trinajstić information content (AvgIpc) is 3.12. The standard InChI is InChI=1S/C25H20ClF2NO4/c26-23-20(27)11-14(12-21(23)28)9-10-22(24(30)31)29-25(32)33-13-19-17-7-3-1-5-15(17)16-6-2-4-8-18(16)19/h1-8,11-12,19,22H,9-10,13H2,(H,29,32)(H,30,31). The molecule has 0 radical (unpaired) electrons. The molecule has 0 heterocycles. The molecule has 1 atom stereocenters. The Balaban J connectivity index is 1.39. The monoisotopic (exact) mass is 471 g/mol. The van der Waals surface area contributed by atoms with Crippen molar-refractivity contribution in [3.8, 4) is 11.1 Å². The van der Waals surface area contributed by atoms with E-state index in [4.69, 9.17) is 16.3 Å². The molecule has 0 aliphatic heterocycles. The Bertz CT molecular complexity index is 1150. The minimum absolute atomic E-state index is 0.0195. The van der Waals surface area contributed by atoms with Gasteiger partial charge >= 0.3 is 12.1 Å². The van der Waals surface area contributed by atoms with Crippen LogP contribution in [0.1, 0.15) is 29.0 Å². The highest BCUT2D eigenvalue weighted by Gasteiger charge is 2.29. The van der Waals surface area contributed by atoms with Gasteiger partial charge in [0, 0.05) is 5.92 Å². The van der Waals surface area contributed by atoms with Crippen molar-refractivity contribution in [2.75, 3.05) is 6.61 Å². The number of amides is 1. The topological polar surface area (TPSA) is 75.6 Å². The van der Waals surface area contributed by atoms with Gasteiger partial charge in [-0.1, -0.05) is 60.1 Å². The maximum atomic E-state index is 13.6. The van der Waals surface area contributed by atoms with Gasteiger partial charge in [-0.15, -0.1) is 0 Å². The number of carboxylic acids is 1. The maximum Gasteiger partial charge on any atom is 0.407 e. The highest BCUT2D eigenvalue weighted by atomic mass is 35.5. The molecule has 3 aromatic carbocycles. The number of nitrogens with one attached hydrogen (secondary N) is 1. The fourth-order valence-corrected chi connectivity index (χ4v) is 4.21. The van der Waals surface area contributed by atoms with E-state index in [0.29, 0.717) is 0 Å². The smallest absolute Gasteiger partial charge is 0.407 e. The summed E-state index contributed by atoms with van der Waals surface area (Å²) in [6.07, 6.45) is -0.941. The first kappa shape index (κ1) is 22.7. The fourth-order valence-electron chi connectivity index (χ4n) is 4.10. The van der Waals surface area contributed by atoms with Crippen molar-refractivity contribution < 1.29 is 28.2 Å². The minimum Gasteiger partial charge on any atom is -0.480 e. The lowest BCUT2D eigenvalue weighted by Gasteiger charge is -2.17. The first-order valence-electron chi connectivity index (χ1n) is 10.3. The van der Waals surface area contributed by atoms with Crippen molar-refractivity contribution in [1.29, 1.82) is 0 Å². The first-order chi connectivity index (χ1) is 15.8. The second-order valence-electron chi connectivity index (χ2n) is 7.77. The van der Waals surface area contributed by atoms with Gasteiger partial charge in [-0.25, -0.2) is 18.4 Å². The van der Waals surface area contributed by atoms with E-state index in [1.165, 1.54) is 0 Å². The van der Waals surface area contributed by atoms with E-state index in [0.717, 1.165) is 34.4 Å². The van der Waals surface area contributed by atoms with E-state index in [9.17, 15) is 23.5 Å². The highest BCUT2D eigenvalue weighted by molar-refractivity contribution is 6.30. The van der Waals surface area contributed by atoms with Crippen molar-refractivity contribution in [3.05, 3.63) is 94.0 Å². The van der Waals surface area contributed by atoms with Gasteiger partial charge in [-0.2, -0.15) is 0 Å². The third-order valence-electron chi connectivity index (χ3n) is 5.70. The molecule has 8 heteroatoms. The third kappa shape index (κ3) is 4.83. The quantitative estimate of drug-likeness (QED) is 0.443. The summed E-state index contributed by atoms with van der Waals surface area (Å²) in [6, 6.07) is 16.5. The summed E-state index contributed by atoms with van der Waals surface area (Å²) in [4.78, 5) is 24.0. The average molecular weight is 472 g/mol. The van der Waals surface area contributed by atoms with Crippen molar-refractivity contribution in [2.45, 2.75) is 24.8 Å². The molecule has 1 aliphatic carbocycles. The van der Waals surface area contributed by atoms with Crippen molar-refractivity contribution in [2.24, 2.45) is 0 Å². The summed E-state index contributed by atoms with van der Waals surface area (Å²) >= 11 is 5.47. The van der Waals surface area contributed by atoms with Gasteiger partial charge in [0.1, 0.15) is 29.3 Å². The van der Waals surface area contributed by atoms with Crippen LogP contribution in [0.3, 0.4) is 0 Å². The summed E-state index contributed by atoms with van der Waals surface area (Å²) in [6.45, 7) is 0.0415. The van der Waals surface area contributed by atoms with Crippen LogP contribution in [0.4, 0.5) is 13.6 Å². The predicted molar refractivity (Wildman–Crippen MR) is 119 cm³/mol. The Morgan fingerprint density at radius 2 is 1.55 bits per heavy atom. The zero-order valence-electron chi connectivity index (χ0n) is 17.4. The number of hydrogen-bond acceptors (Lipinski definition) is 3. The molecule has 3 aromatic rings. The lowest BCUT2D eigenvalue weighted by atomic mass is 9.98. The molecule has 0 fully saturated rings. The molecule has 0 aromatic heterocycles. The predicted octanol–water partition coefficient (Wildman–Crippen LogP) is 5.54. The van der Waals surface area contributed by atoms with Crippen LogP contribution in [-0.4, -0.2) is 29.8 Å². The fraction of sp³-hybridized carbons (Fsp3) is 0.200. The molecule has 170 valence electrons. The number of carbonyl (C=O) groups is 2. The molecular formula is C25H20ClF2NO4. The van der Waals surface area contributed by atoms with Gasteiger partial charge < -0.3 is 15.2 Å². The Morgan fingerprint density at radius 3 is 2.09 bits per heavy atom. The van der Waals surface area contributed by atoms with E-state index >= 15 is 0 Å². The number of rotatable bonds is 7. The van der Waals surface area contributed by atoms with Crippen molar-refractivity contribution in [3.63, 3.8) is 0 Å². The minimum atomic E-state index is -1.29. The number of alkyl carbamates (subject to hydrolysis) is 1. The second-order valence-corrected chi connectivity index (χ2v) is 8.15. The zero-order valence-corrected chi connectivity index (χ0v) is 18.1. The zero-order chi connectivity index (χ0) is 23.5. The largest absolute Gasteiger partial charge is 0.480 e. The van der Waals surface area contributed by atoms with Crippen LogP contribution in [-0.2, 0) is 16.0 Å². The number of benzene rings is 3. The molecule has 0 saturated carbocycles. The molecule has 0 spiro atoms. The lowest BCUT2D eigenvalue weighted by molar-refractivity contribution is -0.139. The van der Waals surface area contributed by atoms with Gasteiger partial charge in [-0.3, -0.25) is 0 Å². The molecule has 2 N–H and O–H groups in total. The molecule has 1 aliphatic rings. The van der Waals surface area contributed by atoms with Gasteiger partial charge in [0.25, 0.3) is 0 Å². The number of halogens is 3. The van der Waals surface area contributed by atoms with Crippen LogP contribution in [0.15, 0.2) is 60.7 Å². The number of aryl methyl sites for hydroxylation is 1. The number of carboxylic acid groups (broad SMARTS) is 1. The van der Waals surface area contributed by atoms with Crippen LogP contribution in [0.5, 0.6) is 0 Å². The molecule has 0 saturated heterocycles. The van der Waals surface area contributed by atoms with E-state index < -0.39 is 34.8 Å². The number of carbonyl (C=O) groups excluding carboxylic acids is 1.